The summed E-state index contributed by atoms with van der Waals surface area (Å²) in [5.41, 5.74) is 3.16. The largest absolute Gasteiger partial charge is 0.422 e. The summed E-state index contributed by atoms with van der Waals surface area (Å²) in [6.45, 7) is 3.58. The molecule has 0 N–H and O–H groups in total. The van der Waals surface area contributed by atoms with Gasteiger partial charge in [0.05, 0.1) is 5.56 Å². The Morgan fingerprint density at radius 3 is 2.29 bits per heavy atom. The summed E-state index contributed by atoms with van der Waals surface area (Å²) < 4.78 is 5.30. The van der Waals surface area contributed by atoms with E-state index in [0.717, 1.165) is 5.56 Å². The second-order valence-electron chi connectivity index (χ2n) is 5.03. The first-order chi connectivity index (χ1) is 10.1. The molecule has 0 amide bonds. The number of hydrogen-bond acceptors (Lipinski definition) is 3. The van der Waals surface area contributed by atoms with Crippen LogP contribution in [0.2, 0.25) is 0 Å². The number of carbonyl (C=O) groups excluding carboxylic acids is 2. The van der Waals surface area contributed by atoms with Crippen LogP contribution in [0, 0.1) is 6.92 Å². The molecule has 3 rings (SSSR count). The molecule has 0 fully saturated rings. The van der Waals surface area contributed by atoms with E-state index in [-0.39, 0.29) is 5.78 Å². The molecule has 3 heteroatoms. The lowest BCUT2D eigenvalue weighted by atomic mass is 9.97. The number of cyclic esters (lactones) is 1. The summed E-state index contributed by atoms with van der Waals surface area (Å²) in [6, 6.07) is 14.5. The van der Waals surface area contributed by atoms with E-state index in [2.05, 4.69) is 0 Å². The Morgan fingerprint density at radius 1 is 0.952 bits per heavy atom. The molecule has 3 nitrogen and oxygen atoms in total. The summed E-state index contributed by atoms with van der Waals surface area (Å²) in [6.07, 6.45) is 0. The van der Waals surface area contributed by atoms with Gasteiger partial charge in [-0.2, -0.15) is 0 Å². The van der Waals surface area contributed by atoms with Gasteiger partial charge in [0, 0.05) is 16.7 Å². The SMILES string of the molecule is C/C(C(=O)c1ccccc1C)=C1\OC(=O)c2ccccc21. The summed E-state index contributed by atoms with van der Waals surface area (Å²) >= 11 is 0. The predicted molar refractivity (Wildman–Crippen MR) is 80.0 cm³/mol. The molecule has 0 spiro atoms. The molecule has 0 aliphatic carbocycles. The van der Waals surface area contributed by atoms with Gasteiger partial charge in [-0.1, -0.05) is 42.5 Å². The molecule has 0 aromatic heterocycles. The highest BCUT2D eigenvalue weighted by molar-refractivity contribution is 6.16. The number of Topliss-reactive ketones (excluding diaryl/α,β-unsaturated/α-hetero) is 1. The van der Waals surface area contributed by atoms with Crippen LogP contribution < -0.4 is 0 Å². The van der Waals surface area contributed by atoms with E-state index >= 15 is 0 Å². The minimum atomic E-state index is -0.405. The van der Waals surface area contributed by atoms with Crippen molar-refractivity contribution < 1.29 is 14.3 Å². The van der Waals surface area contributed by atoms with E-state index in [0.29, 0.717) is 28.0 Å². The van der Waals surface area contributed by atoms with Gasteiger partial charge >= 0.3 is 5.97 Å². The normalized spacial score (nSPS) is 15.4. The lowest BCUT2D eigenvalue weighted by molar-refractivity contribution is 0.0714. The summed E-state index contributed by atoms with van der Waals surface area (Å²) in [5.74, 6) is -0.158. The molecule has 0 unspecified atom stereocenters. The van der Waals surface area contributed by atoms with Crippen molar-refractivity contribution >= 4 is 17.5 Å². The molecule has 0 radical (unpaired) electrons. The third kappa shape index (κ3) is 2.17. The van der Waals surface area contributed by atoms with Crippen molar-refractivity contribution in [1.82, 2.24) is 0 Å². The number of esters is 1. The highest BCUT2D eigenvalue weighted by Gasteiger charge is 2.29. The molecule has 0 bridgehead atoms. The lowest BCUT2D eigenvalue weighted by Crippen LogP contribution is -2.05. The fraction of sp³-hybridized carbons (Fsp3) is 0.111. The Bertz CT molecular complexity index is 785. The predicted octanol–water partition coefficient (Wildman–Crippen LogP) is 3.78. The topological polar surface area (TPSA) is 43.4 Å². The standard InChI is InChI=1S/C18H14O3/c1-11-7-3-4-8-13(11)16(19)12(2)17-14-9-5-6-10-15(14)18(20)21-17/h3-10H,1-2H3/b17-12+. The van der Waals surface area contributed by atoms with Crippen LogP contribution in [0.25, 0.3) is 5.76 Å². The highest BCUT2D eigenvalue weighted by atomic mass is 16.5. The first-order valence-corrected chi connectivity index (χ1v) is 6.72. The van der Waals surface area contributed by atoms with Crippen LogP contribution in [0.1, 0.15) is 38.8 Å². The van der Waals surface area contributed by atoms with Crippen LogP contribution in [0.5, 0.6) is 0 Å². The third-order valence-corrected chi connectivity index (χ3v) is 3.66. The van der Waals surface area contributed by atoms with Gasteiger partial charge in [-0.3, -0.25) is 4.79 Å². The quantitative estimate of drug-likeness (QED) is 0.477. The highest BCUT2D eigenvalue weighted by Crippen LogP contribution is 2.33. The number of fused-ring (bicyclic) bond motifs is 1. The maximum atomic E-state index is 12.6. The fourth-order valence-electron chi connectivity index (χ4n) is 2.47. The third-order valence-electron chi connectivity index (χ3n) is 3.66. The fourth-order valence-corrected chi connectivity index (χ4v) is 2.47. The minimum absolute atomic E-state index is 0.118. The van der Waals surface area contributed by atoms with Gasteiger partial charge in [-0.25, -0.2) is 4.79 Å². The molecule has 21 heavy (non-hydrogen) atoms. The summed E-state index contributed by atoms with van der Waals surface area (Å²) in [7, 11) is 0. The molecule has 0 saturated carbocycles. The number of ether oxygens (including phenoxy) is 1. The second kappa shape index (κ2) is 5.02. The van der Waals surface area contributed by atoms with E-state index in [1.165, 1.54) is 0 Å². The molecule has 104 valence electrons. The number of benzene rings is 2. The Morgan fingerprint density at radius 2 is 1.57 bits per heavy atom. The van der Waals surface area contributed by atoms with Gasteiger partial charge in [0.25, 0.3) is 0 Å². The molecule has 0 atom stereocenters. The van der Waals surface area contributed by atoms with Gasteiger partial charge in [0.15, 0.2) is 5.78 Å². The van der Waals surface area contributed by atoms with Crippen molar-refractivity contribution in [1.29, 1.82) is 0 Å². The molecule has 2 aromatic rings. The number of hydrogen-bond donors (Lipinski definition) is 0. The molecular formula is C18H14O3. The van der Waals surface area contributed by atoms with Gasteiger partial charge in [-0.15, -0.1) is 0 Å². The van der Waals surface area contributed by atoms with E-state index in [4.69, 9.17) is 4.74 Å². The number of allylic oxidation sites excluding steroid dienone is 1. The number of ketones is 1. The molecule has 1 heterocycles. The van der Waals surface area contributed by atoms with E-state index in [1.54, 1.807) is 31.2 Å². The van der Waals surface area contributed by atoms with Gasteiger partial charge in [0.1, 0.15) is 5.76 Å². The van der Waals surface area contributed by atoms with Gasteiger partial charge in [0.2, 0.25) is 0 Å². The van der Waals surface area contributed by atoms with Crippen LogP contribution >= 0.6 is 0 Å². The van der Waals surface area contributed by atoms with Crippen molar-refractivity contribution in [2.45, 2.75) is 13.8 Å². The van der Waals surface area contributed by atoms with E-state index < -0.39 is 5.97 Å². The zero-order valence-electron chi connectivity index (χ0n) is 11.8. The second-order valence-corrected chi connectivity index (χ2v) is 5.03. The first-order valence-electron chi connectivity index (χ1n) is 6.72. The first kappa shape index (κ1) is 13.3. The number of rotatable bonds is 2. The van der Waals surface area contributed by atoms with Crippen LogP contribution in [0.3, 0.4) is 0 Å². The minimum Gasteiger partial charge on any atom is -0.422 e. The Balaban J connectivity index is 2.10. The monoisotopic (exact) mass is 278 g/mol. The Kier molecular flexibility index (Phi) is 3.18. The molecular weight excluding hydrogens is 264 g/mol. The van der Waals surface area contributed by atoms with Crippen molar-refractivity contribution in [2.24, 2.45) is 0 Å². The summed E-state index contributed by atoms with van der Waals surface area (Å²) in [5, 5.41) is 0. The Labute approximate surface area is 122 Å². The van der Waals surface area contributed by atoms with Gasteiger partial charge in [-0.05, 0) is 25.5 Å². The van der Waals surface area contributed by atoms with Crippen molar-refractivity contribution in [3.05, 3.63) is 76.4 Å². The van der Waals surface area contributed by atoms with Crippen molar-refractivity contribution in [3.8, 4) is 0 Å². The maximum absolute atomic E-state index is 12.6. The number of carbonyl (C=O) groups is 2. The lowest BCUT2D eigenvalue weighted by Gasteiger charge is -2.07. The van der Waals surface area contributed by atoms with Crippen molar-refractivity contribution in [2.75, 3.05) is 0 Å². The van der Waals surface area contributed by atoms with E-state index in [9.17, 15) is 9.59 Å². The average Bonchev–Trinajstić information content (AvgIpc) is 2.84. The van der Waals surface area contributed by atoms with E-state index in [1.807, 2.05) is 31.2 Å². The molecule has 1 aliphatic rings. The molecule has 0 saturated heterocycles. The van der Waals surface area contributed by atoms with Crippen LogP contribution in [0.15, 0.2) is 54.1 Å². The van der Waals surface area contributed by atoms with Gasteiger partial charge < -0.3 is 4.74 Å². The van der Waals surface area contributed by atoms with Crippen LogP contribution in [0.4, 0.5) is 0 Å². The summed E-state index contributed by atoms with van der Waals surface area (Å²) in [4.78, 5) is 24.5. The zero-order chi connectivity index (χ0) is 15.0. The average molecular weight is 278 g/mol. The van der Waals surface area contributed by atoms with Crippen molar-refractivity contribution in [3.63, 3.8) is 0 Å². The van der Waals surface area contributed by atoms with Crippen LogP contribution in [-0.2, 0) is 4.74 Å². The Hall–Kier alpha value is -2.68. The maximum Gasteiger partial charge on any atom is 0.344 e. The van der Waals surface area contributed by atoms with Crippen LogP contribution in [-0.4, -0.2) is 11.8 Å². The molecule has 1 aliphatic heterocycles. The smallest absolute Gasteiger partial charge is 0.344 e. The molecule has 2 aromatic carbocycles. The zero-order valence-corrected chi connectivity index (χ0v) is 11.8. The number of aryl methyl sites for hydroxylation is 1.